The third-order valence-corrected chi connectivity index (χ3v) is 9.43. The lowest BCUT2D eigenvalue weighted by atomic mass is 9.88. The van der Waals surface area contributed by atoms with E-state index in [1.165, 1.54) is 16.7 Å². The van der Waals surface area contributed by atoms with E-state index >= 15 is 0 Å². The molecule has 8 heteroatoms. The SMILES string of the molecule is COc1ccc2cc1Oc1ccc(cc1)CC1c3cc(c(OC)cc3CCN1C)Oc1c(O)c(OC)cc3c1C(=[N+](C)CC3)C2. The molecule has 0 saturated heterocycles. The molecule has 1 N–H and O–H groups in total. The molecule has 0 saturated carbocycles. The summed E-state index contributed by atoms with van der Waals surface area (Å²) in [4.78, 5) is 2.39. The van der Waals surface area contributed by atoms with Crippen molar-refractivity contribution in [1.29, 1.82) is 0 Å². The summed E-state index contributed by atoms with van der Waals surface area (Å²) in [6, 6.07) is 20.6. The Bertz CT molecular complexity index is 1810. The van der Waals surface area contributed by atoms with Gasteiger partial charge in [0, 0.05) is 19.0 Å². The van der Waals surface area contributed by atoms with Gasteiger partial charge in [-0.05, 0) is 90.2 Å². The van der Waals surface area contributed by atoms with Crippen LogP contribution in [0.2, 0.25) is 0 Å². The van der Waals surface area contributed by atoms with Crippen molar-refractivity contribution in [2.75, 3.05) is 48.5 Å². The van der Waals surface area contributed by atoms with Crippen LogP contribution in [0.3, 0.4) is 0 Å². The van der Waals surface area contributed by atoms with E-state index in [1.807, 2.05) is 30.3 Å². The predicted molar refractivity (Wildman–Crippen MR) is 173 cm³/mol. The van der Waals surface area contributed by atoms with Crippen LogP contribution < -0.4 is 23.7 Å². The molecule has 0 spiro atoms. The van der Waals surface area contributed by atoms with Crippen molar-refractivity contribution >= 4 is 5.71 Å². The molecule has 8 nitrogen and oxygen atoms in total. The van der Waals surface area contributed by atoms with Gasteiger partial charge >= 0.3 is 0 Å². The second kappa shape index (κ2) is 11.7. The predicted octanol–water partition coefficient (Wildman–Crippen LogP) is 6.32. The van der Waals surface area contributed by atoms with Crippen molar-refractivity contribution in [2.24, 2.45) is 0 Å². The number of likely N-dealkylation sites (N-methyl/N-ethyl adjacent to an activating group) is 2. The normalized spacial score (nSPS) is 17.4. The third kappa shape index (κ3) is 5.23. The molecule has 0 aromatic heterocycles. The Morgan fingerprint density at radius 1 is 0.800 bits per heavy atom. The highest BCUT2D eigenvalue weighted by Gasteiger charge is 2.34. The number of hydrogen-bond donors (Lipinski definition) is 1. The Kier molecular flexibility index (Phi) is 7.53. The van der Waals surface area contributed by atoms with E-state index in [0.717, 1.165) is 60.5 Å². The topological polar surface area (TPSA) is 72.6 Å². The van der Waals surface area contributed by atoms with Crippen LogP contribution in [-0.2, 0) is 25.7 Å². The number of aromatic hydroxyl groups is 1. The van der Waals surface area contributed by atoms with Crippen LogP contribution in [0, 0.1) is 0 Å². The third-order valence-electron chi connectivity index (χ3n) is 9.43. The summed E-state index contributed by atoms with van der Waals surface area (Å²) in [5.74, 6) is 3.96. The number of fused-ring (bicyclic) bond motifs is 2. The zero-order valence-corrected chi connectivity index (χ0v) is 26.5. The molecule has 1 atom stereocenters. The number of ether oxygens (including phenoxy) is 5. The molecule has 4 aliphatic heterocycles. The monoisotopic (exact) mass is 607 g/mol. The van der Waals surface area contributed by atoms with Crippen LogP contribution in [0.4, 0.5) is 0 Å². The maximum atomic E-state index is 11.6. The summed E-state index contributed by atoms with van der Waals surface area (Å²) < 4.78 is 32.6. The fourth-order valence-corrected chi connectivity index (χ4v) is 6.88. The fourth-order valence-electron chi connectivity index (χ4n) is 6.88. The van der Waals surface area contributed by atoms with Crippen molar-refractivity contribution < 1.29 is 33.4 Å². The van der Waals surface area contributed by atoms with Crippen molar-refractivity contribution in [2.45, 2.75) is 31.7 Å². The zero-order valence-electron chi connectivity index (χ0n) is 26.5. The summed E-state index contributed by atoms with van der Waals surface area (Å²) >= 11 is 0. The first kappa shape index (κ1) is 29.0. The highest BCUT2D eigenvalue weighted by atomic mass is 16.5. The lowest BCUT2D eigenvalue weighted by Crippen LogP contribution is -2.33. The average molecular weight is 608 g/mol. The van der Waals surface area contributed by atoms with Crippen molar-refractivity contribution in [1.82, 2.24) is 4.90 Å². The second-order valence-electron chi connectivity index (χ2n) is 12.1. The minimum Gasteiger partial charge on any atom is -0.502 e. The van der Waals surface area contributed by atoms with Crippen LogP contribution in [-0.4, -0.2) is 68.8 Å². The van der Waals surface area contributed by atoms with Gasteiger partial charge in [0.15, 0.2) is 40.2 Å². The smallest absolute Gasteiger partial charge is 0.202 e. The van der Waals surface area contributed by atoms with Gasteiger partial charge in [-0.1, -0.05) is 18.2 Å². The first-order chi connectivity index (χ1) is 21.9. The number of nitrogens with zero attached hydrogens (tertiary/aromatic N) is 2. The molecule has 4 aliphatic rings. The van der Waals surface area contributed by atoms with E-state index in [2.05, 4.69) is 53.9 Å². The van der Waals surface area contributed by atoms with Gasteiger partial charge in [0.05, 0.1) is 33.3 Å². The number of benzene rings is 4. The molecule has 0 aliphatic carbocycles. The lowest BCUT2D eigenvalue weighted by Gasteiger charge is -2.35. The molecular formula is C37H39N2O6+. The molecule has 232 valence electrons. The van der Waals surface area contributed by atoms with Gasteiger partial charge in [-0.25, -0.2) is 4.58 Å². The number of rotatable bonds is 3. The van der Waals surface area contributed by atoms with Crippen LogP contribution in [0.1, 0.15) is 39.4 Å². The minimum absolute atomic E-state index is 0.0369. The summed E-state index contributed by atoms with van der Waals surface area (Å²) in [6.07, 6.45) is 3.09. The van der Waals surface area contributed by atoms with Gasteiger partial charge in [0.25, 0.3) is 0 Å². The summed E-state index contributed by atoms with van der Waals surface area (Å²) in [5, 5.41) is 11.6. The summed E-state index contributed by atoms with van der Waals surface area (Å²) in [5.41, 5.74) is 7.63. The Labute approximate surface area is 264 Å². The number of hydrogen-bond acceptors (Lipinski definition) is 7. The van der Waals surface area contributed by atoms with E-state index in [0.29, 0.717) is 40.9 Å². The molecule has 8 rings (SSSR count). The summed E-state index contributed by atoms with van der Waals surface area (Å²) in [6.45, 7) is 1.75. The van der Waals surface area contributed by atoms with Crippen LogP contribution in [0.5, 0.6) is 46.0 Å². The first-order valence-electron chi connectivity index (χ1n) is 15.4. The van der Waals surface area contributed by atoms with E-state index in [1.54, 1.807) is 21.3 Å². The van der Waals surface area contributed by atoms with E-state index in [9.17, 15) is 5.11 Å². The average Bonchev–Trinajstić information content (AvgIpc) is 3.05. The maximum Gasteiger partial charge on any atom is 0.202 e. The van der Waals surface area contributed by atoms with Crippen LogP contribution >= 0.6 is 0 Å². The Hall–Kier alpha value is -4.69. The van der Waals surface area contributed by atoms with Gasteiger partial charge in [-0.2, -0.15) is 0 Å². The van der Waals surface area contributed by atoms with E-state index in [4.69, 9.17) is 23.7 Å². The largest absolute Gasteiger partial charge is 0.502 e. The minimum atomic E-state index is -0.0369. The molecule has 45 heavy (non-hydrogen) atoms. The van der Waals surface area contributed by atoms with Crippen LogP contribution in [0.25, 0.3) is 0 Å². The summed E-state index contributed by atoms with van der Waals surface area (Å²) in [7, 11) is 9.14. The van der Waals surface area contributed by atoms with Gasteiger partial charge in [-0.15, -0.1) is 0 Å². The van der Waals surface area contributed by atoms with Crippen LogP contribution in [0.15, 0.2) is 60.7 Å². The number of methoxy groups -OCH3 is 3. The molecule has 0 amide bonds. The number of phenolic OH excluding ortho intramolecular Hbond substituents is 1. The molecular weight excluding hydrogens is 568 g/mol. The molecule has 6 bridgehead atoms. The van der Waals surface area contributed by atoms with Gasteiger partial charge < -0.3 is 28.8 Å². The molecule has 4 aromatic carbocycles. The molecule has 1 unspecified atom stereocenters. The standard InChI is InChI=1S/C37H38N2O6/c1-38-14-12-24-19-31(42-4)33-21-27(24)28(38)16-22-6-9-26(10-7-22)44-32-18-23(8-11-30(32)41-3)17-29-35-25(13-15-39(29)2)20-34(43-5)36(40)37(35)45-33/h6-11,18-21,28H,12-17H2,1-5H3/p+1. The Balaban J connectivity index is 1.47. The zero-order chi connectivity index (χ0) is 31.2. The van der Waals surface area contributed by atoms with Gasteiger partial charge in [-0.3, -0.25) is 4.90 Å². The van der Waals surface area contributed by atoms with Gasteiger partial charge in [0.1, 0.15) is 19.3 Å². The van der Waals surface area contributed by atoms with E-state index < -0.39 is 0 Å². The van der Waals surface area contributed by atoms with Crippen molar-refractivity contribution in [3.63, 3.8) is 0 Å². The van der Waals surface area contributed by atoms with Gasteiger partial charge in [0.2, 0.25) is 5.75 Å². The number of phenols is 1. The maximum absolute atomic E-state index is 11.6. The van der Waals surface area contributed by atoms with E-state index in [-0.39, 0.29) is 11.8 Å². The Morgan fingerprint density at radius 2 is 1.51 bits per heavy atom. The Morgan fingerprint density at radius 3 is 2.27 bits per heavy atom. The highest BCUT2D eigenvalue weighted by Crippen LogP contribution is 2.48. The molecule has 4 aromatic rings. The van der Waals surface area contributed by atoms with Crippen molar-refractivity contribution in [3.05, 3.63) is 94.0 Å². The molecule has 0 fully saturated rings. The second-order valence-corrected chi connectivity index (χ2v) is 12.1. The lowest BCUT2D eigenvalue weighted by molar-refractivity contribution is -0.498. The fraction of sp³-hybridized carbons (Fsp3) is 0.324. The van der Waals surface area contributed by atoms with Crippen molar-refractivity contribution in [3.8, 4) is 46.0 Å². The first-order valence-corrected chi connectivity index (χ1v) is 15.4. The highest BCUT2D eigenvalue weighted by molar-refractivity contribution is 6.04. The molecule has 4 heterocycles. The molecule has 0 radical (unpaired) electrons. The quantitative estimate of drug-likeness (QED) is 0.274.